The maximum Gasteiger partial charge on any atom is 0.0445 e. The van der Waals surface area contributed by atoms with Crippen LogP contribution in [0.4, 0.5) is 5.69 Å². The molecule has 1 heterocycles. The van der Waals surface area contributed by atoms with Crippen molar-refractivity contribution < 1.29 is 0 Å². The highest BCUT2D eigenvalue weighted by atomic mass is 15.1. The molecule has 0 aliphatic heterocycles. The fraction of sp³-hybridized carbons (Fsp3) is 0.722. The van der Waals surface area contributed by atoms with Crippen molar-refractivity contribution in [1.82, 2.24) is 10.3 Å². The molecular formula is C18H29N3. The second kappa shape index (κ2) is 6.35. The van der Waals surface area contributed by atoms with Crippen LogP contribution in [0.1, 0.15) is 56.7 Å². The second-order valence-electron chi connectivity index (χ2n) is 7.13. The third-order valence-corrected chi connectivity index (χ3v) is 5.17. The van der Waals surface area contributed by atoms with Gasteiger partial charge >= 0.3 is 0 Å². The first-order chi connectivity index (χ1) is 10.1. The van der Waals surface area contributed by atoms with E-state index in [9.17, 15) is 0 Å². The third kappa shape index (κ3) is 3.76. The van der Waals surface area contributed by atoms with E-state index in [0.717, 1.165) is 24.2 Å². The summed E-state index contributed by atoms with van der Waals surface area (Å²) in [7, 11) is 2.27. The zero-order valence-electron chi connectivity index (χ0n) is 13.7. The molecule has 3 rings (SSSR count). The van der Waals surface area contributed by atoms with E-state index in [1.54, 1.807) is 0 Å². The lowest BCUT2D eigenvalue weighted by Gasteiger charge is -2.36. The van der Waals surface area contributed by atoms with Crippen LogP contribution >= 0.6 is 0 Å². The van der Waals surface area contributed by atoms with Crippen LogP contribution in [0.15, 0.2) is 12.3 Å². The Morgan fingerprint density at radius 3 is 2.57 bits per heavy atom. The van der Waals surface area contributed by atoms with Gasteiger partial charge in [-0.1, -0.05) is 6.92 Å². The quantitative estimate of drug-likeness (QED) is 0.896. The summed E-state index contributed by atoms with van der Waals surface area (Å²) in [5, 5.41) is 3.63. The Morgan fingerprint density at radius 2 is 1.90 bits per heavy atom. The molecule has 2 aliphatic rings. The van der Waals surface area contributed by atoms with Crippen molar-refractivity contribution in [2.45, 2.75) is 71.0 Å². The number of hydrogen-bond donors (Lipinski definition) is 1. The molecule has 0 amide bonds. The Labute approximate surface area is 129 Å². The number of aromatic nitrogens is 1. The van der Waals surface area contributed by atoms with E-state index < -0.39 is 0 Å². The molecule has 0 unspecified atom stereocenters. The van der Waals surface area contributed by atoms with E-state index in [0.29, 0.717) is 6.04 Å². The molecule has 0 radical (unpaired) electrons. The summed E-state index contributed by atoms with van der Waals surface area (Å²) in [6.07, 6.45) is 10.1. The van der Waals surface area contributed by atoms with Crippen LogP contribution in [0.3, 0.4) is 0 Å². The van der Waals surface area contributed by atoms with Crippen molar-refractivity contribution in [3.8, 4) is 0 Å². The van der Waals surface area contributed by atoms with Gasteiger partial charge in [-0.2, -0.15) is 0 Å². The topological polar surface area (TPSA) is 28.2 Å². The summed E-state index contributed by atoms with van der Waals surface area (Å²) in [5.74, 6) is 0.907. The first kappa shape index (κ1) is 14.8. The molecule has 1 aromatic rings. The summed E-state index contributed by atoms with van der Waals surface area (Å²) in [5.41, 5.74) is 3.86. The molecule has 0 spiro atoms. The lowest BCUT2D eigenvalue weighted by atomic mass is 9.86. The normalized spacial score (nSPS) is 25.9. The Hall–Kier alpha value is -1.09. The zero-order valence-corrected chi connectivity index (χ0v) is 13.7. The molecule has 2 aliphatic carbocycles. The van der Waals surface area contributed by atoms with Crippen molar-refractivity contribution in [3.05, 3.63) is 23.5 Å². The average molecular weight is 287 g/mol. The highest BCUT2D eigenvalue weighted by Crippen LogP contribution is 2.31. The van der Waals surface area contributed by atoms with Gasteiger partial charge in [0.15, 0.2) is 0 Å². The molecule has 0 saturated heterocycles. The number of pyridine rings is 1. The molecule has 116 valence electrons. The molecule has 0 atom stereocenters. The summed E-state index contributed by atoms with van der Waals surface area (Å²) in [6.45, 7) is 5.44. The van der Waals surface area contributed by atoms with Crippen molar-refractivity contribution in [1.29, 1.82) is 0 Å². The van der Waals surface area contributed by atoms with Crippen LogP contribution in [0, 0.1) is 12.8 Å². The predicted octanol–water partition coefficient (Wildman–Crippen LogP) is 3.66. The molecule has 3 nitrogen and oxygen atoms in total. The van der Waals surface area contributed by atoms with Crippen molar-refractivity contribution in [2.24, 2.45) is 5.92 Å². The minimum Gasteiger partial charge on any atom is -0.371 e. The van der Waals surface area contributed by atoms with E-state index in [2.05, 4.69) is 48.4 Å². The standard InChI is InChI=1S/C18H29N3/c1-13-4-8-17(9-5-13)21(3)18-10-14(2)19-11-15(18)12-20-16-6-7-16/h10-11,13,16-17,20H,4-9,12H2,1-3H3. The van der Waals surface area contributed by atoms with Crippen LogP contribution in [0.25, 0.3) is 0 Å². The van der Waals surface area contributed by atoms with E-state index in [1.807, 2.05) is 0 Å². The lowest BCUT2D eigenvalue weighted by molar-refractivity contribution is 0.340. The molecule has 3 heteroatoms. The van der Waals surface area contributed by atoms with Gasteiger partial charge in [-0.05, 0) is 57.4 Å². The van der Waals surface area contributed by atoms with Crippen molar-refractivity contribution in [2.75, 3.05) is 11.9 Å². The molecule has 1 aromatic heterocycles. The molecule has 0 aromatic carbocycles. The Kier molecular flexibility index (Phi) is 4.48. The van der Waals surface area contributed by atoms with Crippen LogP contribution in [-0.4, -0.2) is 24.1 Å². The lowest BCUT2D eigenvalue weighted by Crippen LogP contribution is -2.36. The van der Waals surface area contributed by atoms with E-state index >= 15 is 0 Å². The van der Waals surface area contributed by atoms with E-state index in [-0.39, 0.29) is 0 Å². The van der Waals surface area contributed by atoms with Gasteiger partial charge in [0.05, 0.1) is 0 Å². The highest BCUT2D eigenvalue weighted by molar-refractivity contribution is 5.54. The van der Waals surface area contributed by atoms with Crippen LogP contribution in [0.2, 0.25) is 0 Å². The maximum atomic E-state index is 4.51. The number of hydrogen-bond acceptors (Lipinski definition) is 3. The minimum absolute atomic E-state index is 0.697. The summed E-state index contributed by atoms with van der Waals surface area (Å²) >= 11 is 0. The van der Waals surface area contributed by atoms with Crippen molar-refractivity contribution in [3.63, 3.8) is 0 Å². The third-order valence-electron chi connectivity index (χ3n) is 5.17. The molecule has 2 fully saturated rings. The fourth-order valence-electron chi connectivity index (χ4n) is 3.41. The number of anilines is 1. The minimum atomic E-state index is 0.697. The van der Waals surface area contributed by atoms with Crippen molar-refractivity contribution >= 4 is 5.69 Å². The molecule has 2 saturated carbocycles. The van der Waals surface area contributed by atoms with Gasteiger partial charge in [-0.15, -0.1) is 0 Å². The molecule has 21 heavy (non-hydrogen) atoms. The molecular weight excluding hydrogens is 258 g/mol. The van der Waals surface area contributed by atoms with Crippen LogP contribution < -0.4 is 10.2 Å². The first-order valence-electron chi connectivity index (χ1n) is 8.55. The summed E-state index contributed by atoms with van der Waals surface area (Å²) in [6, 6.07) is 3.71. The van der Waals surface area contributed by atoms with Gasteiger partial charge in [-0.25, -0.2) is 0 Å². The summed E-state index contributed by atoms with van der Waals surface area (Å²) < 4.78 is 0. The molecule has 0 bridgehead atoms. The van der Waals surface area contributed by atoms with Gasteiger partial charge in [-0.3, -0.25) is 4.98 Å². The fourth-order valence-corrected chi connectivity index (χ4v) is 3.41. The van der Waals surface area contributed by atoms with E-state index in [4.69, 9.17) is 0 Å². The Bertz CT molecular complexity index is 473. The number of nitrogens with one attached hydrogen (secondary N) is 1. The van der Waals surface area contributed by atoms with Gasteiger partial charge in [0, 0.05) is 48.8 Å². The second-order valence-corrected chi connectivity index (χ2v) is 7.13. The van der Waals surface area contributed by atoms with E-state index in [1.165, 1.54) is 49.8 Å². The number of aryl methyl sites for hydroxylation is 1. The van der Waals surface area contributed by atoms with Gasteiger partial charge in [0.2, 0.25) is 0 Å². The Balaban J connectivity index is 1.73. The maximum absolute atomic E-state index is 4.51. The largest absolute Gasteiger partial charge is 0.371 e. The smallest absolute Gasteiger partial charge is 0.0445 e. The zero-order chi connectivity index (χ0) is 14.8. The first-order valence-corrected chi connectivity index (χ1v) is 8.55. The SMILES string of the molecule is Cc1cc(N(C)C2CCC(C)CC2)c(CNC2CC2)cn1. The number of nitrogens with zero attached hydrogens (tertiary/aromatic N) is 2. The Morgan fingerprint density at radius 1 is 1.19 bits per heavy atom. The van der Waals surface area contributed by atoms with Crippen LogP contribution in [-0.2, 0) is 6.54 Å². The van der Waals surface area contributed by atoms with Gasteiger partial charge in [0.25, 0.3) is 0 Å². The number of rotatable bonds is 5. The van der Waals surface area contributed by atoms with Gasteiger partial charge in [0.1, 0.15) is 0 Å². The van der Waals surface area contributed by atoms with Crippen LogP contribution in [0.5, 0.6) is 0 Å². The predicted molar refractivity (Wildman–Crippen MR) is 88.7 cm³/mol. The highest BCUT2D eigenvalue weighted by Gasteiger charge is 2.24. The monoisotopic (exact) mass is 287 g/mol. The van der Waals surface area contributed by atoms with Gasteiger partial charge < -0.3 is 10.2 Å². The molecule has 1 N–H and O–H groups in total. The average Bonchev–Trinajstić information content (AvgIpc) is 3.30. The summed E-state index contributed by atoms with van der Waals surface area (Å²) in [4.78, 5) is 7.03.